The molecule has 0 bridgehead atoms. The van der Waals surface area contributed by atoms with E-state index in [9.17, 15) is 0 Å². The van der Waals surface area contributed by atoms with Crippen molar-refractivity contribution in [1.82, 2.24) is 4.90 Å². The third kappa shape index (κ3) is 6.42. The van der Waals surface area contributed by atoms with Gasteiger partial charge >= 0.3 is 0 Å². The standard InChI is InChI=1S/C13H29N/c1-7-12(4)13(5)8-9-14(6)10-11(2)3/h11-13H,7-10H2,1-6H3. The van der Waals surface area contributed by atoms with Crippen molar-refractivity contribution in [2.24, 2.45) is 17.8 Å². The molecule has 0 N–H and O–H groups in total. The van der Waals surface area contributed by atoms with Gasteiger partial charge in [-0.2, -0.15) is 0 Å². The van der Waals surface area contributed by atoms with Crippen molar-refractivity contribution in [3.05, 3.63) is 0 Å². The van der Waals surface area contributed by atoms with Gasteiger partial charge in [0.15, 0.2) is 0 Å². The van der Waals surface area contributed by atoms with Gasteiger partial charge < -0.3 is 4.90 Å². The van der Waals surface area contributed by atoms with Gasteiger partial charge in [-0.05, 0) is 37.8 Å². The molecule has 0 aliphatic rings. The summed E-state index contributed by atoms with van der Waals surface area (Å²) in [4.78, 5) is 2.46. The molecule has 1 nitrogen and oxygen atoms in total. The summed E-state index contributed by atoms with van der Waals surface area (Å²) in [6, 6.07) is 0. The highest BCUT2D eigenvalue weighted by Crippen LogP contribution is 2.18. The Morgan fingerprint density at radius 3 is 2.00 bits per heavy atom. The van der Waals surface area contributed by atoms with Crippen LogP contribution in [0, 0.1) is 17.8 Å². The lowest BCUT2D eigenvalue weighted by Gasteiger charge is -2.23. The normalized spacial score (nSPS) is 16.3. The largest absolute Gasteiger partial charge is 0.306 e. The van der Waals surface area contributed by atoms with Gasteiger partial charge in [0, 0.05) is 6.54 Å². The molecule has 2 unspecified atom stereocenters. The fourth-order valence-electron chi connectivity index (χ4n) is 1.83. The zero-order chi connectivity index (χ0) is 11.1. The minimum atomic E-state index is 0.791. The van der Waals surface area contributed by atoms with Crippen LogP contribution in [0.3, 0.4) is 0 Å². The van der Waals surface area contributed by atoms with Gasteiger partial charge in [0.1, 0.15) is 0 Å². The molecule has 0 aromatic carbocycles. The maximum atomic E-state index is 2.46. The van der Waals surface area contributed by atoms with E-state index in [2.05, 4.69) is 46.6 Å². The first-order valence-electron chi connectivity index (χ1n) is 6.15. The second kappa shape index (κ2) is 7.28. The number of hydrogen-bond donors (Lipinski definition) is 0. The van der Waals surface area contributed by atoms with Crippen molar-refractivity contribution in [1.29, 1.82) is 0 Å². The van der Waals surface area contributed by atoms with Crippen molar-refractivity contribution in [3.63, 3.8) is 0 Å². The molecule has 0 spiro atoms. The third-order valence-electron chi connectivity index (χ3n) is 3.26. The molecule has 1 heteroatoms. The quantitative estimate of drug-likeness (QED) is 0.605. The minimum absolute atomic E-state index is 0.791. The fourth-order valence-corrected chi connectivity index (χ4v) is 1.83. The molecule has 0 aliphatic heterocycles. The summed E-state index contributed by atoms with van der Waals surface area (Å²) in [5, 5.41) is 0. The zero-order valence-electron chi connectivity index (χ0n) is 11.0. The van der Waals surface area contributed by atoms with Crippen molar-refractivity contribution in [2.75, 3.05) is 20.1 Å². The van der Waals surface area contributed by atoms with Crippen molar-refractivity contribution in [2.45, 2.75) is 47.5 Å². The Kier molecular flexibility index (Phi) is 7.26. The molecule has 0 saturated carbocycles. The lowest BCUT2D eigenvalue weighted by atomic mass is 9.91. The van der Waals surface area contributed by atoms with E-state index in [-0.39, 0.29) is 0 Å². The highest BCUT2D eigenvalue weighted by molar-refractivity contribution is 4.63. The molecule has 86 valence electrons. The summed E-state index contributed by atoms with van der Waals surface area (Å²) in [5.74, 6) is 2.54. The average Bonchev–Trinajstić information content (AvgIpc) is 2.11. The monoisotopic (exact) mass is 199 g/mol. The topological polar surface area (TPSA) is 3.24 Å². The van der Waals surface area contributed by atoms with E-state index in [0.29, 0.717) is 0 Å². The molecule has 0 aromatic heterocycles. The molecule has 0 heterocycles. The van der Waals surface area contributed by atoms with Crippen molar-refractivity contribution >= 4 is 0 Å². The maximum absolute atomic E-state index is 2.46. The molecule has 14 heavy (non-hydrogen) atoms. The number of hydrogen-bond acceptors (Lipinski definition) is 1. The minimum Gasteiger partial charge on any atom is -0.306 e. The summed E-state index contributed by atoms with van der Waals surface area (Å²) in [5.41, 5.74) is 0. The number of rotatable bonds is 7. The van der Waals surface area contributed by atoms with Crippen LogP contribution in [0.15, 0.2) is 0 Å². The molecule has 0 amide bonds. The number of nitrogens with zero attached hydrogens (tertiary/aromatic N) is 1. The predicted octanol–water partition coefficient (Wildman–Crippen LogP) is 3.65. The third-order valence-corrected chi connectivity index (χ3v) is 3.26. The highest BCUT2D eigenvalue weighted by Gasteiger charge is 2.11. The Morgan fingerprint density at radius 1 is 1.00 bits per heavy atom. The molecule has 0 aromatic rings. The van der Waals surface area contributed by atoms with Gasteiger partial charge in [-0.1, -0.05) is 41.0 Å². The van der Waals surface area contributed by atoms with Crippen LogP contribution in [0.1, 0.15) is 47.5 Å². The summed E-state index contributed by atoms with van der Waals surface area (Å²) in [6.45, 7) is 14.1. The molecule has 0 radical (unpaired) electrons. The smallest absolute Gasteiger partial charge is 0.000133 e. The second-order valence-electron chi connectivity index (χ2n) is 5.31. The van der Waals surface area contributed by atoms with Gasteiger partial charge in [-0.25, -0.2) is 0 Å². The first-order valence-corrected chi connectivity index (χ1v) is 6.15. The SMILES string of the molecule is CCC(C)C(C)CCN(C)CC(C)C. The Balaban J connectivity index is 3.60. The molecule has 0 rings (SSSR count). The van der Waals surface area contributed by atoms with Gasteiger partial charge in [0.25, 0.3) is 0 Å². The molecule has 0 aliphatic carbocycles. The van der Waals surface area contributed by atoms with E-state index in [1.807, 2.05) is 0 Å². The molecule has 0 saturated heterocycles. The summed E-state index contributed by atoms with van der Waals surface area (Å²) >= 11 is 0. The van der Waals surface area contributed by atoms with Crippen LogP contribution in [0.5, 0.6) is 0 Å². The average molecular weight is 199 g/mol. The lowest BCUT2D eigenvalue weighted by Crippen LogP contribution is -2.26. The summed E-state index contributed by atoms with van der Waals surface area (Å²) in [7, 11) is 2.24. The van der Waals surface area contributed by atoms with Gasteiger partial charge in [0.2, 0.25) is 0 Å². The van der Waals surface area contributed by atoms with E-state index in [1.165, 1.54) is 25.9 Å². The maximum Gasteiger partial charge on any atom is 0.000133 e. The molecular formula is C13H29N. The zero-order valence-corrected chi connectivity index (χ0v) is 11.0. The Morgan fingerprint density at radius 2 is 1.57 bits per heavy atom. The predicted molar refractivity (Wildman–Crippen MR) is 65.6 cm³/mol. The Hall–Kier alpha value is -0.0400. The van der Waals surface area contributed by atoms with Crippen LogP contribution in [0.2, 0.25) is 0 Å². The van der Waals surface area contributed by atoms with Crippen LogP contribution in [0.25, 0.3) is 0 Å². The Labute approximate surface area is 90.9 Å². The fraction of sp³-hybridized carbons (Fsp3) is 1.00. The highest BCUT2D eigenvalue weighted by atomic mass is 15.1. The van der Waals surface area contributed by atoms with Gasteiger partial charge in [0.05, 0.1) is 0 Å². The van der Waals surface area contributed by atoms with Gasteiger partial charge in [-0.15, -0.1) is 0 Å². The van der Waals surface area contributed by atoms with Crippen molar-refractivity contribution in [3.8, 4) is 0 Å². The molecule has 0 fully saturated rings. The first kappa shape index (κ1) is 14.0. The second-order valence-corrected chi connectivity index (χ2v) is 5.31. The van der Waals surface area contributed by atoms with Crippen LogP contribution in [-0.2, 0) is 0 Å². The molecule has 2 atom stereocenters. The van der Waals surface area contributed by atoms with E-state index in [4.69, 9.17) is 0 Å². The van der Waals surface area contributed by atoms with E-state index in [0.717, 1.165) is 17.8 Å². The van der Waals surface area contributed by atoms with Crippen molar-refractivity contribution < 1.29 is 0 Å². The van der Waals surface area contributed by atoms with Crippen LogP contribution < -0.4 is 0 Å². The van der Waals surface area contributed by atoms with E-state index >= 15 is 0 Å². The van der Waals surface area contributed by atoms with Crippen LogP contribution >= 0.6 is 0 Å². The summed E-state index contributed by atoms with van der Waals surface area (Å²) < 4.78 is 0. The van der Waals surface area contributed by atoms with Crippen LogP contribution in [0.4, 0.5) is 0 Å². The summed E-state index contributed by atoms with van der Waals surface area (Å²) in [6.07, 6.45) is 2.66. The van der Waals surface area contributed by atoms with E-state index < -0.39 is 0 Å². The van der Waals surface area contributed by atoms with E-state index in [1.54, 1.807) is 0 Å². The molecular weight excluding hydrogens is 170 g/mol. The van der Waals surface area contributed by atoms with Crippen LogP contribution in [-0.4, -0.2) is 25.0 Å². The first-order chi connectivity index (χ1) is 6.47. The Bertz CT molecular complexity index is 131. The van der Waals surface area contributed by atoms with Gasteiger partial charge in [-0.3, -0.25) is 0 Å². The lowest BCUT2D eigenvalue weighted by molar-refractivity contribution is 0.250.